The molecule has 93 heavy (non-hydrogen) atoms. The normalized spacial score (nSPS) is 11.0. The van der Waals surface area contributed by atoms with Crippen LogP contribution in [0.5, 0.6) is 46.0 Å². The second kappa shape index (κ2) is 28.0. The monoisotopic (exact) mass is 1230 g/mol. The average molecular weight is 1230 g/mol. The van der Waals surface area contributed by atoms with Crippen LogP contribution in [0.1, 0.15) is 0 Å². The summed E-state index contributed by atoms with van der Waals surface area (Å²) in [4.78, 5) is 8.75. The van der Waals surface area contributed by atoms with Crippen LogP contribution in [-0.4, -0.2) is 63.0 Å². The van der Waals surface area contributed by atoms with Crippen LogP contribution in [0.15, 0.2) is 291 Å². The van der Waals surface area contributed by atoms with Gasteiger partial charge in [0.25, 0.3) is 0 Å². The van der Waals surface area contributed by atoms with E-state index in [0.29, 0.717) is 46.0 Å². The van der Waals surface area contributed by atoms with Crippen LogP contribution < -0.4 is 79.3 Å². The summed E-state index contributed by atoms with van der Waals surface area (Å²) in [6.45, 7) is 0. The first-order valence-corrected chi connectivity index (χ1v) is 30.6. The van der Waals surface area contributed by atoms with Gasteiger partial charge in [-0.1, -0.05) is 146 Å². The Balaban J connectivity index is 1.14. The molecular formula is C80H72BN4O8-. The molecule has 12 aromatic rings. The van der Waals surface area contributed by atoms with Crippen molar-refractivity contribution in [2.75, 3.05) is 76.5 Å². The van der Waals surface area contributed by atoms with Crippen molar-refractivity contribution in [2.45, 2.75) is 0 Å². The number of rotatable bonds is 24. The number of anilines is 12. The van der Waals surface area contributed by atoms with Crippen molar-refractivity contribution in [2.24, 2.45) is 0 Å². The predicted molar refractivity (Wildman–Crippen MR) is 381 cm³/mol. The van der Waals surface area contributed by atoms with E-state index in [1.54, 1.807) is 56.9 Å². The summed E-state index contributed by atoms with van der Waals surface area (Å²) in [5.74, 6) is 5.61. The van der Waals surface area contributed by atoms with Gasteiger partial charge in [0.1, 0.15) is 52.1 Å². The lowest BCUT2D eigenvalue weighted by Gasteiger charge is -2.45. The Bertz CT molecular complexity index is 3730. The molecule has 0 saturated heterocycles. The van der Waals surface area contributed by atoms with Crippen molar-refractivity contribution in [3.05, 3.63) is 291 Å². The number of hydrogen-bond donors (Lipinski definition) is 0. The third-order valence-electron chi connectivity index (χ3n) is 17.2. The molecule has 0 aliphatic rings. The third kappa shape index (κ3) is 11.8. The summed E-state index contributed by atoms with van der Waals surface area (Å²) in [5.41, 5.74) is 14.4. The molecule has 0 N–H and O–H groups in total. The third-order valence-corrected chi connectivity index (χ3v) is 17.2. The number of nitrogens with zero attached hydrogens (tertiary/aromatic N) is 4. The molecule has 464 valence electrons. The topological polar surface area (TPSA) is 86.8 Å². The van der Waals surface area contributed by atoms with Crippen molar-refractivity contribution in [1.29, 1.82) is 0 Å². The van der Waals surface area contributed by atoms with Crippen LogP contribution >= 0.6 is 0 Å². The van der Waals surface area contributed by atoms with Crippen LogP contribution in [0.25, 0.3) is 0 Å². The second-order valence-corrected chi connectivity index (χ2v) is 21.9. The lowest BCUT2D eigenvalue weighted by molar-refractivity contribution is 0.412. The smallest absolute Gasteiger partial charge is 0.142 e. The van der Waals surface area contributed by atoms with Crippen molar-refractivity contribution in [3.8, 4) is 46.0 Å². The van der Waals surface area contributed by atoms with Crippen molar-refractivity contribution in [1.82, 2.24) is 0 Å². The standard InChI is InChI=1S/C80H72BN4O8/c1-86-73-33-17-9-25-65(73)82(66-26-10-18-34-74(66)87-2)61-49-41-57(42-50-61)81(58-43-51-62(52-44-58)83(67-27-11-19-35-75(67)88-3)68-28-12-20-36-76(68)89-4,59-45-53-63(54-46-59)84(69-29-13-21-37-77(69)90-5)70-30-14-22-38-78(70)91-6)60-47-55-64(56-48-60)85(71-31-15-23-39-79(71)92-7)72-32-16-24-40-80(72)93-8/h9-56H,1-8H3/q-1. The van der Waals surface area contributed by atoms with Gasteiger partial charge in [0.15, 0.2) is 0 Å². The van der Waals surface area contributed by atoms with E-state index < -0.39 is 6.15 Å². The highest BCUT2D eigenvalue weighted by molar-refractivity contribution is 7.20. The van der Waals surface area contributed by atoms with Gasteiger partial charge in [0.2, 0.25) is 0 Å². The molecule has 0 radical (unpaired) electrons. The maximum Gasteiger partial charge on any atom is 0.142 e. The maximum absolute atomic E-state index is 6.09. The van der Waals surface area contributed by atoms with Gasteiger partial charge >= 0.3 is 0 Å². The molecule has 12 aromatic carbocycles. The lowest BCUT2D eigenvalue weighted by Crippen LogP contribution is -2.74. The average Bonchev–Trinajstić information content (AvgIpc) is 0.733. The van der Waals surface area contributed by atoms with Gasteiger partial charge < -0.3 is 57.5 Å². The van der Waals surface area contributed by atoms with Gasteiger partial charge in [-0.3, -0.25) is 0 Å². The summed E-state index contributed by atoms with van der Waals surface area (Å²) in [6.07, 6.45) is -2.19. The van der Waals surface area contributed by atoms with Crippen LogP contribution in [0.3, 0.4) is 0 Å². The Morgan fingerprint density at radius 1 is 0.172 bits per heavy atom. The number of benzene rings is 12. The first kappa shape index (κ1) is 61.5. The van der Waals surface area contributed by atoms with Crippen LogP contribution in [-0.2, 0) is 0 Å². The number of ether oxygens (including phenoxy) is 8. The molecule has 0 fully saturated rings. The fourth-order valence-electron chi connectivity index (χ4n) is 13.0. The van der Waals surface area contributed by atoms with E-state index in [9.17, 15) is 0 Å². The van der Waals surface area contributed by atoms with E-state index in [0.717, 1.165) is 90.1 Å². The molecule has 0 aromatic heterocycles. The largest absolute Gasteiger partial charge is 0.495 e. The van der Waals surface area contributed by atoms with E-state index in [2.05, 4.69) is 165 Å². The van der Waals surface area contributed by atoms with Crippen LogP contribution in [0.4, 0.5) is 68.2 Å². The van der Waals surface area contributed by atoms with E-state index in [1.807, 2.05) is 146 Å². The molecule has 0 saturated carbocycles. The Morgan fingerprint density at radius 2 is 0.301 bits per heavy atom. The van der Waals surface area contributed by atoms with Gasteiger partial charge in [-0.2, -0.15) is 21.9 Å². The zero-order chi connectivity index (χ0) is 64.3. The van der Waals surface area contributed by atoms with Gasteiger partial charge in [-0.15, -0.1) is 0 Å². The van der Waals surface area contributed by atoms with Gasteiger partial charge in [-0.25, -0.2) is 0 Å². The molecule has 0 spiro atoms. The molecule has 0 unspecified atom stereocenters. The number of para-hydroxylation sites is 16. The highest BCUT2D eigenvalue weighted by Crippen LogP contribution is 2.48. The maximum atomic E-state index is 6.09. The fraction of sp³-hybridized carbons (Fsp3) is 0.100. The molecular weight excluding hydrogens is 1160 g/mol. The molecule has 13 heteroatoms. The molecule has 12 nitrogen and oxygen atoms in total. The minimum Gasteiger partial charge on any atom is -0.495 e. The van der Waals surface area contributed by atoms with E-state index >= 15 is 0 Å². The lowest BCUT2D eigenvalue weighted by atomic mass is 9.13. The number of hydrogen-bond acceptors (Lipinski definition) is 12. The molecule has 0 aliphatic heterocycles. The second-order valence-electron chi connectivity index (χ2n) is 21.9. The minimum absolute atomic E-state index is 0.701. The highest BCUT2D eigenvalue weighted by atomic mass is 16.5. The molecule has 0 atom stereocenters. The summed E-state index contributed by atoms with van der Waals surface area (Å²) in [7, 11) is 13.6. The molecule has 0 heterocycles. The Hall–Kier alpha value is -11.7. The summed E-state index contributed by atoms with van der Waals surface area (Å²) in [5, 5.41) is 0. The highest BCUT2D eigenvalue weighted by Gasteiger charge is 2.34. The number of methoxy groups -OCH3 is 8. The molecule has 12 rings (SSSR count). The Labute approximate surface area is 545 Å². The molecule has 0 amide bonds. The van der Waals surface area contributed by atoms with E-state index in [4.69, 9.17) is 37.9 Å². The predicted octanol–water partition coefficient (Wildman–Crippen LogP) is 17.0. The SMILES string of the molecule is COc1ccccc1N(c1ccc([B-](c2ccc(N(c3ccccc3OC)c3ccccc3OC)cc2)(c2ccc(N(c3ccccc3OC)c3ccccc3OC)cc2)c2ccc(N(c3ccccc3OC)c3ccccc3OC)cc2)cc1)c1ccccc1OC. The van der Waals surface area contributed by atoms with Crippen LogP contribution in [0, 0.1) is 0 Å². The van der Waals surface area contributed by atoms with Gasteiger partial charge in [-0.05, 0) is 146 Å². The Kier molecular flexibility index (Phi) is 18.5. The van der Waals surface area contributed by atoms with E-state index in [-0.39, 0.29) is 0 Å². The Morgan fingerprint density at radius 3 is 0.430 bits per heavy atom. The first-order valence-electron chi connectivity index (χ1n) is 30.6. The van der Waals surface area contributed by atoms with Gasteiger partial charge in [0, 0.05) is 22.7 Å². The molecule has 0 bridgehead atoms. The van der Waals surface area contributed by atoms with E-state index in [1.165, 1.54) is 0 Å². The summed E-state index contributed by atoms with van der Waals surface area (Å²) in [6, 6.07) is 100. The van der Waals surface area contributed by atoms with Crippen molar-refractivity contribution in [3.63, 3.8) is 0 Å². The van der Waals surface area contributed by atoms with Crippen LogP contribution in [0.2, 0.25) is 0 Å². The van der Waals surface area contributed by atoms with Gasteiger partial charge in [0.05, 0.1) is 102 Å². The zero-order valence-electron chi connectivity index (χ0n) is 53.3. The fourth-order valence-corrected chi connectivity index (χ4v) is 13.0. The summed E-state index contributed by atoms with van der Waals surface area (Å²) >= 11 is 0. The van der Waals surface area contributed by atoms with Crippen molar-refractivity contribution < 1.29 is 37.9 Å². The first-order chi connectivity index (χ1) is 45.8. The quantitative estimate of drug-likeness (QED) is 0.0540. The van der Waals surface area contributed by atoms with Crippen molar-refractivity contribution >= 4 is 96.2 Å². The summed E-state index contributed by atoms with van der Waals surface area (Å²) < 4.78 is 48.7. The molecule has 0 aliphatic carbocycles. The minimum atomic E-state index is -2.19. The zero-order valence-corrected chi connectivity index (χ0v) is 53.3.